The minimum Gasteiger partial charge on any atom is -0.365 e. The fourth-order valence-electron chi connectivity index (χ4n) is 2.78. The number of nitrogens with zero attached hydrogens (tertiary/aromatic N) is 1. The number of rotatable bonds is 8. The van der Waals surface area contributed by atoms with Gasteiger partial charge in [-0.15, -0.1) is 12.4 Å². The zero-order chi connectivity index (χ0) is 16.7. The van der Waals surface area contributed by atoms with Gasteiger partial charge in [-0.1, -0.05) is 67.9 Å². The molecule has 0 spiro atoms. The van der Waals surface area contributed by atoms with Crippen LogP contribution in [0.3, 0.4) is 0 Å². The van der Waals surface area contributed by atoms with Crippen LogP contribution < -0.4 is 0 Å². The Kier molecular flexibility index (Phi) is 8.79. The molecule has 2 rings (SSSR count). The highest BCUT2D eigenvalue weighted by atomic mass is 35.5. The second kappa shape index (κ2) is 10.0. The number of hydrogen-bond donors (Lipinski definition) is 0. The van der Waals surface area contributed by atoms with Crippen molar-refractivity contribution in [3.63, 3.8) is 0 Å². The van der Waals surface area contributed by atoms with Crippen molar-refractivity contribution in [3.8, 4) is 0 Å². The molecule has 0 fully saturated rings. The lowest BCUT2D eigenvalue weighted by Crippen LogP contribution is -2.33. The van der Waals surface area contributed by atoms with Gasteiger partial charge in [-0.3, -0.25) is 0 Å². The van der Waals surface area contributed by atoms with Gasteiger partial charge in [0.15, 0.2) is 0 Å². The van der Waals surface area contributed by atoms with Crippen LogP contribution in [-0.4, -0.2) is 31.1 Å². The Morgan fingerprint density at radius 3 is 2.00 bits per heavy atom. The summed E-state index contributed by atoms with van der Waals surface area (Å²) in [6.45, 7) is 10.2. The van der Waals surface area contributed by atoms with Gasteiger partial charge in [-0.25, -0.2) is 0 Å². The fourth-order valence-corrected chi connectivity index (χ4v) is 2.90. The maximum Gasteiger partial charge on any atom is 0.115 e. The second-order valence-electron chi connectivity index (χ2n) is 5.78. The molecule has 0 aliphatic rings. The Morgan fingerprint density at radius 2 is 1.46 bits per heavy atom. The Morgan fingerprint density at radius 1 is 0.917 bits per heavy atom. The van der Waals surface area contributed by atoms with Gasteiger partial charge < -0.3 is 9.64 Å². The number of benzene rings is 2. The van der Waals surface area contributed by atoms with Crippen molar-refractivity contribution in [1.29, 1.82) is 0 Å². The molecule has 0 amide bonds. The van der Waals surface area contributed by atoms with E-state index >= 15 is 0 Å². The van der Waals surface area contributed by atoms with Crippen molar-refractivity contribution < 1.29 is 4.74 Å². The van der Waals surface area contributed by atoms with E-state index in [4.69, 9.17) is 16.3 Å². The van der Waals surface area contributed by atoms with Crippen LogP contribution in [0.25, 0.3) is 0 Å². The maximum atomic E-state index is 6.39. The first-order valence-corrected chi connectivity index (χ1v) is 8.65. The number of halogens is 2. The Labute approximate surface area is 157 Å². The lowest BCUT2D eigenvalue weighted by molar-refractivity contribution is -0.0135. The first-order chi connectivity index (χ1) is 11.1. The molecule has 0 heterocycles. The minimum atomic E-state index is -0.473. The molecule has 132 valence electrons. The van der Waals surface area contributed by atoms with Crippen LogP contribution in [0.2, 0.25) is 5.02 Å². The first kappa shape index (κ1) is 21.0. The van der Waals surface area contributed by atoms with E-state index in [2.05, 4.69) is 49.9 Å². The number of hydrogen-bond acceptors (Lipinski definition) is 2. The lowest BCUT2D eigenvalue weighted by Gasteiger charge is -2.32. The minimum absolute atomic E-state index is 0. The summed E-state index contributed by atoms with van der Waals surface area (Å²) < 4.78 is 6.39. The summed E-state index contributed by atoms with van der Waals surface area (Å²) in [5.74, 6) is 0. The van der Waals surface area contributed by atoms with Crippen LogP contribution in [0.5, 0.6) is 0 Å². The molecule has 1 atom stereocenters. The summed E-state index contributed by atoms with van der Waals surface area (Å²) in [6, 6.07) is 18.3. The normalized spacial score (nSPS) is 13.4. The highest BCUT2D eigenvalue weighted by Crippen LogP contribution is 2.33. The molecule has 0 aliphatic carbocycles. The molecule has 0 saturated heterocycles. The van der Waals surface area contributed by atoms with Crippen molar-refractivity contribution in [2.24, 2.45) is 0 Å². The van der Waals surface area contributed by atoms with Gasteiger partial charge in [0.1, 0.15) is 5.60 Å². The molecule has 4 heteroatoms. The highest BCUT2D eigenvalue weighted by Gasteiger charge is 2.29. The van der Waals surface area contributed by atoms with E-state index < -0.39 is 5.60 Å². The molecular weight excluding hydrogens is 341 g/mol. The molecule has 0 aromatic heterocycles. The van der Waals surface area contributed by atoms with Gasteiger partial charge in [0.25, 0.3) is 0 Å². The third kappa shape index (κ3) is 5.22. The zero-order valence-electron chi connectivity index (χ0n) is 14.7. The third-order valence-corrected chi connectivity index (χ3v) is 4.66. The lowest BCUT2D eigenvalue weighted by atomic mass is 9.88. The monoisotopic (exact) mass is 367 g/mol. The van der Waals surface area contributed by atoms with E-state index in [0.29, 0.717) is 6.61 Å². The molecule has 2 nitrogen and oxygen atoms in total. The molecule has 24 heavy (non-hydrogen) atoms. The molecule has 2 aromatic rings. The van der Waals surface area contributed by atoms with Gasteiger partial charge in [0.2, 0.25) is 0 Å². The predicted octanol–water partition coefficient (Wildman–Crippen LogP) is 5.38. The van der Waals surface area contributed by atoms with Crippen LogP contribution in [0, 0.1) is 0 Å². The molecule has 0 unspecified atom stereocenters. The van der Waals surface area contributed by atoms with E-state index in [9.17, 15) is 0 Å². The van der Waals surface area contributed by atoms with Crippen LogP contribution in [0.4, 0.5) is 0 Å². The summed E-state index contributed by atoms with van der Waals surface area (Å²) in [4.78, 5) is 2.37. The predicted molar refractivity (Wildman–Crippen MR) is 105 cm³/mol. The van der Waals surface area contributed by atoms with E-state index in [1.165, 1.54) is 0 Å². The zero-order valence-corrected chi connectivity index (χ0v) is 16.2. The Balaban J connectivity index is 0.00000288. The molecule has 0 N–H and O–H groups in total. The summed E-state index contributed by atoms with van der Waals surface area (Å²) >= 11 is 6.04. The molecular formula is C20H27Cl2NO. The van der Waals surface area contributed by atoms with Crippen molar-refractivity contribution in [3.05, 3.63) is 70.7 Å². The first-order valence-electron chi connectivity index (χ1n) is 8.28. The van der Waals surface area contributed by atoms with Gasteiger partial charge >= 0.3 is 0 Å². The summed E-state index contributed by atoms with van der Waals surface area (Å²) in [7, 11) is 0. The number of likely N-dealkylation sites (N-methyl/N-ethyl adjacent to an activating group) is 1. The Bertz CT molecular complexity index is 584. The van der Waals surface area contributed by atoms with E-state index in [1.54, 1.807) is 0 Å². The largest absolute Gasteiger partial charge is 0.365 e. The van der Waals surface area contributed by atoms with Crippen LogP contribution in [-0.2, 0) is 10.3 Å². The van der Waals surface area contributed by atoms with Gasteiger partial charge in [-0.05, 0) is 43.3 Å². The van der Waals surface area contributed by atoms with Crippen molar-refractivity contribution >= 4 is 24.0 Å². The number of ether oxygens (including phenoxy) is 1. The summed E-state index contributed by atoms with van der Waals surface area (Å²) in [5.41, 5.74) is 1.80. The van der Waals surface area contributed by atoms with Crippen molar-refractivity contribution in [2.45, 2.75) is 26.4 Å². The average molecular weight is 368 g/mol. The van der Waals surface area contributed by atoms with E-state index in [1.807, 2.05) is 30.3 Å². The molecule has 0 radical (unpaired) electrons. The topological polar surface area (TPSA) is 12.5 Å². The van der Waals surface area contributed by atoms with Crippen LogP contribution in [0.15, 0.2) is 54.6 Å². The second-order valence-corrected chi connectivity index (χ2v) is 6.22. The van der Waals surface area contributed by atoms with Crippen molar-refractivity contribution in [1.82, 2.24) is 4.90 Å². The van der Waals surface area contributed by atoms with Gasteiger partial charge in [0, 0.05) is 11.6 Å². The van der Waals surface area contributed by atoms with Crippen LogP contribution >= 0.6 is 24.0 Å². The Hall–Kier alpha value is -1.06. The van der Waals surface area contributed by atoms with Gasteiger partial charge in [0.05, 0.1) is 6.61 Å². The van der Waals surface area contributed by atoms with E-state index in [-0.39, 0.29) is 12.4 Å². The van der Waals surface area contributed by atoms with Gasteiger partial charge in [-0.2, -0.15) is 0 Å². The average Bonchev–Trinajstić information content (AvgIpc) is 2.60. The molecule has 0 bridgehead atoms. The standard InChI is InChI=1S/C20H26ClNO.ClH/c1-4-22(5-2)15-16-23-20(3,17-9-7-6-8-10-17)18-11-13-19(21)14-12-18;/h6-14H,4-5,15-16H2,1-3H3;1H/t20-;/m1./s1. The SMILES string of the molecule is CCN(CC)CCO[C@](C)(c1ccccc1)c1ccc(Cl)cc1.Cl. The maximum absolute atomic E-state index is 6.39. The highest BCUT2D eigenvalue weighted by molar-refractivity contribution is 6.30. The molecule has 0 saturated carbocycles. The smallest absolute Gasteiger partial charge is 0.115 e. The fraction of sp³-hybridized carbons (Fsp3) is 0.400. The van der Waals surface area contributed by atoms with Crippen LogP contribution in [0.1, 0.15) is 31.9 Å². The van der Waals surface area contributed by atoms with Crippen molar-refractivity contribution in [2.75, 3.05) is 26.2 Å². The molecule has 0 aliphatic heterocycles. The van der Waals surface area contributed by atoms with E-state index in [0.717, 1.165) is 35.8 Å². The quantitative estimate of drug-likeness (QED) is 0.620. The summed E-state index contributed by atoms with van der Waals surface area (Å²) in [6.07, 6.45) is 0. The molecule has 2 aromatic carbocycles. The summed E-state index contributed by atoms with van der Waals surface area (Å²) in [5, 5.41) is 0.743. The third-order valence-electron chi connectivity index (χ3n) is 4.41.